The van der Waals surface area contributed by atoms with E-state index in [1.54, 1.807) is 0 Å². The second-order valence-corrected chi connectivity index (χ2v) is 5.55. The van der Waals surface area contributed by atoms with Crippen LogP contribution in [-0.4, -0.2) is 51.1 Å². The minimum atomic E-state index is -4.75. The molecule has 6 nitrogen and oxygen atoms in total. The molecule has 1 aromatic heterocycles. The Hall–Kier alpha value is -1.42. The van der Waals surface area contributed by atoms with Crippen molar-refractivity contribution in [2.24, 2.45) is 0 Å². The summed E-state index contributed by atoms with van der Waals surface area (Å²) < 4.78 is 37.9. The molecular weight excluding hydrogens is 297 g/mol. The van der Waals surface area contributed by atoms with E-state index in [0.717, 1.165) is 16.2 Å². The smallest absolute Gasteiger partial charge is 0.379 e. The summed E-state index contributed by atoms with van der Waals surface area (Å²) in [6, 6.07) is -0.719. The van der Waals surface area contributed by atoms with Crippen LogP contribution in [0, 0.1) is 0 Å². The van der Waals surface area contributed by atoms with E-state index < -0.39 is 30.8 Å². The van der Waals surface area contributed by atoms with E-state index in [0.29, 0.717) is 11.4 Å². The fourth-order valence-electron chi connectivity index (χ4n) is 1.82. The Morgan fingerprint density at radius 3 is 2.75 bits per heavy atom. The topological polar surface area (TPSA) is 78.4 Å². The van der Waals surface area contributed by atoms with Gasteiger partial charge >= 0.3 is 12.2 Å². The van der Waals surface area contributed by atoms with Gasteiger partial charge in [-0.2, -0.15) is 13.2 Å². The number of amides is 2. The standard InChI is InChI=1S/C10H13F3N4O2S/c1-2-6-15-16-7(20-6)14-8(18)17-4-3-9(19,5-17)10(11,12)13/h19H,2-5H2,1H3,(H,14,16,18)/t9-/m0/s1. The molecule has 2 heterocycles. The van der Waals surface area contributed by atoms with Crippen LogP contribution in [0.2, 0.25) is 0 Å². The molecule has 1 atom stereocenters. The van der Waals surface area contributed by atoms with Crippen molar-refractivity contribution in [2.45, 2.75) is 31.5 Å². The number of aliphatic hydroxyl groups is 1. The number of hydrogen-bond acceptors (Lipinski definition) is 5. The van der Waals surface area contributed by atoms with Crippen molar-refractivity contribution in [2.75, 3.05) is 18.4 Å². The van der Waals surface area contributed by atoms with Crippen molar-refractivity contribution in [1.29, 1.82) is 0 Å². The molecule has 1 fully saturated rings. The number of alkyl halides is 3. The molecule has 1 aliphatic heterocycles. The van der Waals surface area contributed by atoms with Crippen LogP contribution in [0.4, 0.5) is 23.1 Å². The molecule has 20 heavy (non-hydrogen) atoms. The number of hydrogen-bond donors (Lipinski definition) is 2. The largest absolute Gasteiger partial charge is 0.419 e. The van der Waals surface area contributed by atoms with Gasteiger partial charge in [-0.25, -0.2) is 4.79 Å². The first-order valence-electron chi connectivity index (χ1n) is 5.92. The molecule has 0 saturated carbocycles. The molecule has 0 aromatic carbocycles. The average Bonchev–Trinajstić information content (AvgIpc) is 2.95. The minimum absolute atomic E-state index is 0.165. The van der Waals surface area contributed by atoms with Gasteiger partial charge < -0.3 is 10.0 Å². The van der Waals surface area contributed by atoms with Crippen molar-refractivity contribution >= 4 is 22.5 Å². The van der Waals surface area contributed by atoms with Gasteiger partial charge in [0, 0.05) is 13.0 Å². The van der Waals surface area contributed by atoms with E-state index in [4.69, 9.17) is 0 Å². The highest BCUT2D eigenvalue weighted by Crippen LogP contribution is 2.37. The Morgan fingerprint density at radius 2 is 2.25 bits per heavy atom. The highest BCUT2D eigenvalue weighted by molar-refractivity contribution is 7.15. The van der Waals surface area contributed by atoms with E-state index in [1.165, 1.54) is 0 Å². The lowest BCUT2D eigenvalue weighted by atomic mass is 10.0. The Bertz CT molecular complexity index is 507. The molecule has 2 N–H and O–H groups in total. The van der Waals surface area contributed by atoms with Crippen LogP contribution in [-0.2, 0) is 6.42 Å². The van der Waals surface area contributed by atoms with Crippen LogP contribution in [0.5, 0.6) is 0 Å². The number of likely N-dealkylation sites (tertiary alicyclic amines) is 1. The van der Waals surface area contributed by atoms with Gasteiger partial charge in [0.15, 0.2) is 5.60 Å². The summed E-state index contributed by atoms with van der Waals surface area (Å²) in [4.78, 5) is 12.7. The fourth-order valence-corrected chi connectivity index (χ4v) is 2.49. The van der Waals surface area contributed by atoms with Crippen LogP contribution in [0.1, 0.15) is 18.4 Å². The molecule has 1 saturated heterocycles. The number of carbonyl (C=O) groups is 1. The number of β-amino-alcohol motifs (C(OH)–C–C–N with tert-alkyl or cyclic N) is 1. The van der Waals surface area contributed by atoms with Gasteiger partial charge in [-0.15, -0.1) is 10.2 Å². The molecule has 0 aliphatic carbocycles. The Kier molecular flexibility index (Phi) is 3.87. The SMILES string of the molecule is CCc1nnc(NC(=O)N2CC[C@@](O)(C(F)(F)F)C2)s1. The minimum Gasteiger partial charge on any atom is -0.379 e. The lowest BCUT2D eigenvalue weighted by Gasteiger charge is -2.25. The number of nitrogens with zero attached hydrogens (tertiary/aromatic N) is 3. The number of aryl methyl sites for hydroxylation is 1. The van der Waals surface area contributed by atoms with Crippen LogP contribution in [0.3, 0.4) is 0 Å². The fraction of sp³-hybridized carbons (Fsp3) is 0.700. The molecule has 2 rings (SSSR count). The van der Waals surface area contributed by atoms with Crippen molar-refractivity contribution in [1.82, 2.24) is 15.1 Å². The molecule has 2 amide bonds. The van der Waals surface area contributed by atoms with Crippen molar-refractivity contribution in [3.8, 4) is 0 Å². The van der Waals surface area contributed by atoms with E-state index in [1.807, 2.05) is 6.92 Å². The number of rotatable bonds is 2. The summed E-state index contributed by atoms with van der Waals surface area (Å²) in [7, 11) is 0. The van der Waals surface area contributed by atoms with Gasteiger partial charge in [0.2, 0.25) is 5.13 Å². The Balaban J connectivity index is 1.98. The van der Waals surface area contributed by atoms with Gasteiger partial charge in [0.05, 0.1) is 6.54 Å². The number of anilines is 1. The van der Waals surface area contributed by atoms with Crippen LogP contribution in [0.25, 0.3) is 0 Å². The molecule has 112 valence electrons. The molecule has 1 aliphatic rings. The monoisotopic (exact) mass is 310 g/mol. The second kappa shape index (κ2) is 5.17. The zero-order valence-electron chi connectivity index (χ0n) is 10.6. The first-order valence-corrected chi connectivity index (χ1v) is 6.74. The predicted molar refractivity (Wildman–Crippen MR) is 65.5 cm³/mol. The molecule has 10 heteroatoms. The van der Waals surface area contributed by atoms with Gasteiger partial charge in [-0.3, -0.25) is 5.32 Å². The van der Waals surface area contributed by atoms with E-state index in [2.05, 4.69) is 15.5 Å². The Labute approximate surface area is 116 Å². The second-order valence-electron chi connectivity index (χ2n) is 4.49. The summed E-state index contributed by atoms with van der Waals surface area (Å²) in [5.74, 6) is 0. The van der Waals surface area contributed by atoms with Crippen molar-refractivity contribution in [3.05, 3.63) is 5.01 Å². The molecule has 0 radical (unpaired) electrons. The maximum atomic E-state index is 12.6. The first kappa shape index (κ1) is 15.0. The van der Waals surface area contributed by atoms with Gasteiger partial charge in [0.1, 0.15) is 5.01 Å². The number of aromatic nitrogens is 2. The number of nitrogens with one attached hydrogen (secondary N) is 1. The van der Waals surface area contributed by atoms with Gasteiger partial charge in [-0.1, -0.05) is 18.3 Å². The van der Waals surface area contributed by atoms with Gasteiger partial charge in [-0.05, 0) is 6.42 Å². The third-order valence-corrected chi connectivity index (χ3v) is 4.03. The average molecular weight is 310 g/mol. The normalized spacial score (nSPS) is 23.1. The summed E-state index contributed by atoms with van der Waals surface area (Å²) >= 11 is 1.16. The number of halogens is 3. The van der Waals surface area contributed by atoms with E-state index >= 15 is 0 Å². The summed E-state index contributed by atoms with van der Waals surface area (Å²) in [5, 5.41) is 20.3. The molecule has 0 spiro atoms. The van der Waals surface area contributed by atoms with Crippen molar-refractivity contribution in [3.63, 3.8) is 0 Å². The zero-order chi connectivity index (χ0) is 15.0. The molecule has 1 aromatic rings. The van der Waals surface area contributed by atoms with Gasteiger partial charge in [0.25, 0.3) is 0 Å². The van der Waals surface area contributed by atoms with Crippen LogP contribution < -0.4 is 5.32 Å². The quantitative estimate of drug-likeness (QED) is 0.870. The maximum absolute atomic E-state index is 12.6. The highest BCUT2D eigenvalue weighted by atomic mass is 32.1. The van der Waals surface area contributed by atoms with Crippen LogP contribution in [0.15, 0.2) is 0 Å². The summed E-state index contributed by atoms with van der Waals surface area (Å²) in [6.07, 6.45) is -4.62. The van der Waals surface area contributed by atoms with Crippen LogP contribution >= 0.6 is 11.3 Å². The van der Waals surface area contributed by atoms with Crippen molar-refractivity contribution < 1.29 is 23.1 Å². The molecular formula is C10H13F3N4O2S. The zero-order valence-corrected chi connectivity index (χ0v) is 11.4. The molecule has 0 bridgehead atoms. The maximum Gasteiger partial charge on any atom is 0.419 e. The number of urea groups is 1. The predicted octanol–water partition coefficient (Wildman–Crippen LogP) is 1.63. The Morgan fingerprint density at radius 1 is 1.55 bits per heavy atom. The third kappa shape index (κ3) is 2.85. The number of carbonyl (C=O) groups excluding carboxylic acids is 1. The lowest BCUT2D eigenvalue weighted by molar-refractivity contribution is -0.253. The van der Waals surface area contributed by atoms with E-state index in [-0.39, 0.29) is 11.7 Å². The summed E-state index contributed by atoms with van der Waals surface area (Å²) in [5.41, 5.74) is -2.83. The first-order chi connectivity index (χ1) is 9.25. The highest BCUT2D eigenvalue weighted by Gasteiger charge is 2.57. The summed E-state index contributed by atoms with van der Waals surface area (Å²) in [6.45, 7) is 0.930. The molecule has 0 unspecified atom stereocenters. The third-order valence-electron chi connectivity index (χ3n) is 3.05. The lowest BCUT2D eigenvalue weighted by Crippen LogP contribution is -2.48. The van der Waals surface area contributed by atoms with E-state index in [9.17, 15) is 23.1 Å².